The smallest absolute Gasteiger partial charge is 0.254 e. The van der Waals surface area contributed by atoms with Crippen molar-refractivity contribution in [2.75, 3.05) is 19.6 Å². The van der Waals surface area contributed by atoms with Gasteiger partial charge in [-0.1, -0.05) is 5.21 Å². The molecule has 2 aromatic rings. The molecule has 1 aromatic carbocycles. The predicted molar refractivity (Wildman–Crippen MR) is 83.6 cm³/mol. The first-order valence-corrected chi connectivity index (χ1v) is 7.99. The Hall–Kier alpha value is -1.95. The lowest BCUT2D eigenvalue weighted by atomic mass is 10.0. The van der Waals surface area contributed by atoms with E-state index >= 15 is 0 Å². The van der Waals surface area contributed by atoms with E-state index in [1.807, 2.05) is 30.1 Å². The standard InChI is InChI=1S/C16H21N5O/c1-11-14-4-3-7-20(14)8-9-21(11)16(22)12-5-6-15-13(10-12)17-18-19(15)2/h5-6,10-11,14H,3-4,7-9H2,1-2H3/t11-,14-/m0/s1. The minimum absolute atomic E-state index is 0.117. The van der Waals surface area contributed by atoms with E-state index in [1.165, 1.54) is 19.4 Å². The van der Waals surface area contributed by atoms with E-state index in [9.17, 15) is 4.79 Å². The second kappa shape index (κ2) is 5.05. The van der Waals surface area contributed by atoms with Gasteiger partial charge < -0.3 is 4.90 Å². The fourth-order valence-electron chi connectivity index (χ4n) is 3.95. The Balaban J connectivity index is 1.62. The maximum Gasteiger partial charge on any atom is 0.254 e. The fourth-order valence-corrected chi connectivity index (χ4v) is 3.95. The van der Waals surface area contributed by atoms with Gasteiger partial charge in [0.05, 0.1) is 5.52 Å². The molecule has 1 amide bonds. The number of aromatic nitrogens is 3. The normalized spacial score (nSPS) is 25.6. The molecule has 3 heterocycles. The zero-order valence-electron chi connectivity index (χ0n) is 13.1. The topological polar surface area (TPSA) is 54.3 Å². The van der Waals surface area contributed by atoms with E-state index in [2.05, 4.69) is 22.1 Å². The van der Waals surface area contributed by atoms with Gasteiger partial charge in [0.15, 0.2) is 0 Å². The second-order valence-corrected chi connectivity index (χ2v) is 6.40. The van der Waals surface area contributed by atoms with Crippen molar-refractivity contribution < 1.29 is 4.79 Å². The Kier molecular flexibility index (Phi) is 3.14. The van der Waals surface area contributed by atoms with Crippen LogP contribution >= 0.6 is 0 Å². The summed E-state index contributed by atoms with van der Waals surface area (Å²) in [5.41, 5.74) is 2.44. The van der Waals surface area contributed by atoms with E-state index in [-0.39, 0.29) is 11.9 Å². The van der Waals surface area contributed by atoms with Gasteiger partial charge in [0.25, 0.3) is 5.91 Å². The van der Waals surface area contributed by atoms with E-state index in [0.29, 0.717) is 11.6 Å². The van der Waals surface area contributed by atoms with Crippen LogP contribution in [0, 0.1) is 0 Å². The molecule has 2 aliphatic rings. The number of piperazine rings is 1. The lowest BCUT2D eigenvalue weighted by Crippen LogP contribution is -2.57. The number of aryl methyl sites for hydroxylation is 1. The summed E-state index contributed by atoms with van der Waals surface area (Å²) in [7, 11) is 1.86. The van der Waals surface area contributed by atoms with Gasteiger partial charge in [0.1, 0.15) is 5.52 Å². The summed E-state index contributed by atoms with van der Waals surface area (Å²) in [6.07, 6.45) is 2.46. The molecule has 116 valence electrons. The number of fused-ring (bicyclic) bond motifs is 2. The van der Waals surface area contributed by atoms with Crippen molar-refractivity contribution in [1.29, 1.82) is 0 Å². The van der Waals surface area contributed by atoms with Gasteiger partial charge in [-0.3, -0.25) is 9.69 Å². The molecule has 22 heavy (non-hydrogen) atoms. The van der Waals surface area contributed by atoms with Crippen molar-refractivity contribution in [3.8, 4) is 0 Å². The van der Waals surface area contributed by atoms with Crippen LogP contribution in [0.4, 0.5) is 0 Å². The molecule has 0 unspecified atom stereocenters. The molecule has 0 N–H and O–H groups in total. The molecule has 2 aliphatic heterocycles. The average Bonchev–Trinajstić information content (AvgIpc) is 3.14. The number of hydrogen-bond donors (Lipinski definition) is 0. The summed E-state index contributed by atoms with van der Waals surface area (Å²) >= 11 is 0. The van der Waals surface area contributed by atoms with E-state index in [1.54, 1.807) is 4.68 Å². The molecule has 2 saturated heterocycles. The van der Waals surface area contributed by atoms with Gasteiger partial charge in [-0.25, -0.2) is 4.68 Å². The molecule has 1 aromatic heterocycles. The van der Waals surface area contributed by atoms with Crippen molar-refractivity contribution in [2.45, 2.75) is 31.8 Å². The molecule has 6 nitrogen and oxygen atoms in total. The Morgan fingerprint density at radius 2 is 2.14 bits per heavy atom. The van der Waals surface area contributed by atoms with Crippen LogP contribution in [0.2, 0.25) is 0 Å². The van der Waals surface area contributed by atoms with Gasteiger partial charge in [0.2, 0.25) is 0 Å². The van der Waals surface area contributed by atoms with Gasteiger partial charge >= 0.3 is 0 Å². The molecular formula is C16H21N5O. The maximum atomic E-state index is 12.9. The first-order chi connectivity index (χ1) is 10.6. The van der Waals surface area contributed by atoms with Crippen molar-refractivity contribution in [3.05, 3.63) is 23.8 Å². The highest BCUT2D eigenvalue weighted by molar-refractivity contribution is 5.97. The maximum absolute atomic E-state index is 12.9. The van der Waals surface area contributed by atoms with Gasteiger partial charge in [0, 0.05) is 37.8 Å². The molecule has 2 fully saturated rings. The molecule has 4 rings (SSSR count). The number of amides is 1. The molecule has 0 radical (unpaired) electrons. The molecule has 0 saturated carbocycles. The summed E-state index contributed by atoms with van der Waals surface area (Å²) in [6.45, 7) is 5.17. The zero-order chi connectivity index (χ0) is 15.3. The second-order valence-electron chi connectivity index (χ2n) is 6.40. The Bertz CT molecular complexity index is 724. The summed E-state index contributed by atoms with van der Waals surface area (Å²) in [6, 6.07) is 6.48. The summed E-state index contributed by atoms with van der Waals surface area (Å²) in [4.78, 5) is 17.5. The van der Waals surface area contributed by atoms with Crippen molar-refractivity contribution in [1.82, 2.24) is 24.8 Å². The van der Waals surface area contributed by atoms with Crippen LogP contribution in [0.15, 0.2) is 18.2 Å². The third-order valence-electron chi connectivity index (χ3n) is 5.21. The van der Waals surface area contributed by atoms with Gasteiger partial charge in [-0.15, -0.1) is 5.10 Å². The number of nitrogens with zero attached hydrogens (tertiary/aromatic N) is 5. The zero-order valence-corrected chi connectivity index (χ0v) is 13.1. The fraction of sp³-hybridized carbons (Fsp3) is 0.562. The van der Waals surface area contributed by atoms with Crippen molar-refractivity contribution >= 4 is 16.9 Å². The van der Waals surface area contributed by atoms with Crippen molar-refractivity contribution in [3.63, 3.8) is 0 Å². The van der Waals surface area contributed by atoms with Crippen LogP contribution in [-0.4, -0.2) is 62.4 Å². The quantitative estimate of drug-likeness (QED) is 0.796. The monoisotopic (exact) mass is 299 g/mol. The lowest BCUT2D eigenvalue weighted by molar-refractivity contribution is 0.0363. The van der Waals surface area contributed by atoms with Gasteiger partial charge in [-0.2, -0.15) is 0 Å². The molecule has 6 heteroatoms. The van der Waals surface area contributed by atoms with Gasteiger partial charge in [-0.05, 0) is 44.5 Å². The van der Waals surface area contributed by atoms with Crippen molar-refractivity contribution in [2.24, 2.45) is 7.05 Å². The lowest BCUT2D eigenvalue weighted by Gasteiger charge is -2.43. The number of hydrogen-bond acceptors (Lipinski definition) is 4. The number of rotatable bonds is 1. The van der Waals surface area contributed by atoms with E-state index < -0.39 is 0 Å². The van der Waals surface area contributed by atoms with Crippen LogP contribution in [0.5, 0.6) is 0 Å². The highest BCUT2D eigenvalue weighted by Crippen LogP contribution is 2.28. The summed E-state index contributed by atoms with van der Waals surface area (Å²) < 4.78 is 1.73. The molecule has 0 spiro atoms. The van der Waals surface area contributed by atoms with E-state index in [4.69, 9.17) is 0 Å². The molecule has 0 aliphatic carbocycles. The molecular weight excluding hydrogens is 278 g/mol. The highest BCUT2D eigenvalue weighted by Gasteiger charge is 2.38. The highest BCUT2D eigenvalue weighted by atomic mass is 16.2. The third-order valence-corrected chi connectivity index (χ3v) is 5.21. The summed E-state index contributed by atoms with van der Waals surface area (Å²) in [5.74, 6) is 0.117. The number of benzene rings is 1. The van der Waals surface area contributed by atoms with Crippen LogP contribution < -0.4 is 0 Å². The SMILES string of the molecule is C[C@H]1[C@@H]2CCCN2CCN1C(=O)c1ccc2c(c1)nnn2C. The predicted octanol–water partition coefficient (Wildman–Crippen LogP) is 1.28. The van der Waals surface area contributed by atoms with Crippen LogP contribution in [0.3, 0.4) is 0 Å². The Morgan fingerprint density at radius 1 is 1.27 bits per heavy atom. The van der Waals surface area contributed by atoms with E-state index in [0.717, 1.165) is 24.1 Å². The minimum Gasteiger partial charge on any atom is -0.333 e. The Morgan fingerprint density at radius 3 is 3.00 bits per heavy atom. The minimum atomic E-state index is 0.117. The van der Waals surface area contributed by atoms with Crippen LogP contribution in [0.25, 0.3) is 11.0 Å². The first kappa shape index (κ1) is 13.7. The van der Waals surface area contributed by atoms with Crippen LogP contribution in [0.1, 0.15) is 30.1 Å². The average molecular weight is 299 g/mol. The number of carbonyl (C=O) groups is 1. The van der Waals surface area contributed by atoms with Crippen LogP contribution in [-0.2, 0) is 7.05 Å². The molecule has 2 atom stereocenters. The molecule has 0 bridgehead atoms. The first-order valence-electron chi connectivity index (χ1n) is 7.99. The largest absolute Gasteiger partial charge is 0.333 e. The Labute approximate surface area is 129 Å². The number of carbonyl (C=O) groups excluding carboxylic acids is 1. The third kappa shape index (κ3) is 2.01. The summed E-state index contributed by atoms with van der Waals surface area (Å²) in [5, 5.41) is 8.11.